The van der Waals surface area contributed by atoms with Crippen molar-refractivity contribution in [1.82, 2.24) is 0 Å². The van der Waals surface area contributed by atoms with Gasteiger partial charge in [-0.2, -0.15) is 0 Å². The van der Waals surface area contributed by atoms with Crippen molar-refractivity contribution < 1.29 is 0 Å². The number of anilines is 2. The summed E-state index contributed by atoms with van der Waals surface area (Å²) in [7, 11) is 0. The Morgan fingerprint density at radius 3 is 2.60 bits per heavy atom. The quantitative estimate of drug-likeness (QED) is 0.723. The van der Waals surface area contributed by atoms with Gasteiger partial charge in [-0.15, -0.1) is 0 Å². The lowest BCUT2D eigenvalue weighted by molar-refractivity contribution is 0.981. The van der Waals surface area contributed by atoms with Gasteiger partial charge in [0, 0.05) is 16.9 Å². The first kappa shape index (κ1) is 12.7. The topological polar surface area (TPSA) is 3.24 Å². The van der Waals surface area contributed by atoms with Crippen molar-refractivity contribution in [2.24, 2.45) is 0 Å². The number of fused-ring (bicyclic) bond motifs is 1. The van der Waals surface area contributed by atoms with E-state index in [4.69, 9.17) is 0 Å². The van der Waals surface area contributed by atoms with E-state index in [1.807, 2.05) is 6.07 Å². The van der Waals surface area contributed by atoms with Crippen LogP contribution < -0.4 is 4.90 Å². The molecule has 1 aliphatic carbocycles. The van der Waals surface area contributed by atoms with Crippen molar-refractivity contribution in [3.8, 4) is 0 Å². The largest absolute Gasteiger partial charge is 0.314 e. The van der Waals surface area contributed by atoms with E-state index >= 15 is 0 Å². The molecular formula is C19H19N. The highest BCUT2D eigenvalue weighted by molar-refractivity contribution is 5.79. The fourth-order valence-corrected chi connectivity index (χ4v) is 2.79. The molecule has 0 saturated carbocycles. The van der Waals surface area contributed by atoms with Crippen molar-refractivity contribution in [1.29, 1.82) is 0 Å². The molecule has 1 aliphatic rings. The zero-order valence-corrected chi connectivity index (χ0v) is 11.8. The highest BCUT2D eigenvalue weighted by Gasteiger charge is 2.16. The molecule has 0 spiro atoms. The monoisotopic (exact) mass is 261 g/mol. The fourth-order valence-electron chi connectivity index (χ4n) is 2.79. The lowest BCUT2D eigenvalue weighted by atomic mass is 9.95. The zero-order chi connectivity index (χ0) is 13.9. The number of aryl methyl sites for hydroxylation is 1. The standard InChI is InChI=1S/C19H19N/c1-15(2)20(17-11-4-3-5-12-17)19-14-8-10-16-9-6-7-13-18(16)19/h3-5,7-8,10-14H,1,6,9H2,2H3. The maximum Gasteiger partial charge on any atom is 0.0533 e. The molecule has 1 heteroatoms. The van der Waals surface area contributed by atoms with Crippen LogP contribution in [0.2, 0.25) is 0 Å². The Kier molecular flexibility index (Phi) is 3.42. The maximum atomic E-state index is 4.16. The van der Waals surface area contributed by atoms with E-state index < -0.39 is 0 Å². The highest BCUT2D eigenvalue weighted by Crippen LogP contribution is 2.35. The molecule has 0 amide bonds. The van der Waals surface area contributed by atoms with Crippen LogP contribution in [0.5, 0.6) is 0 Å². The van der Waals surface area contributed by atoms with Crippen molar-refractivity contribution >= 4 is 17.5 Å². The second-order valence-corrected chi connectivity index (χ2v) is 5.20. The Bertz CT molecular complexity index is 653. The Labute approximate surface area is 120 Å². The molecule has 0 aliphatic heterocycles. The second kappa shape index (κ2) is 5.38. The van der Waals surface area contributed by atoms with E-state index in [2.05, 4.69) is 73.0 Å². The van der Waals surface area contributed by atoms with Crippen LogP contribution in [0.3, 0.4) is 0 Å². The van der Waals surface area contributed by atoms with Crippen LogP contribution in [0.1, 0.15) is 24.5 Å². The van der Waals surface area contributed by atoms with Gasteiger partial charge in [0.05, 0.1) is 5.69 Å². The van der Waals surface area contributed by atoms with Crippen molar-refractivity contribution in [3.63, 3.8) is 0 Å². The lowest BCUT2D eigenvalue weighted by Crippen LogP contribution is -2.15. The smallest absolute Gasteiger partial charge is 0.0533 e. The SMILES string of the molecule is C=C(C)N(c1ccccc1)c1cccc2c1C=CCC2. The number of hydrogen-bond donors (Lipinski definition) is 0. The van der Waals surface area contributed by atoms with Crippen LogP contribution in [0, 0.1) is 0 Å². The Morgan fingerprint density at radius 2 is 1.85 bits per heavy atom. The van der Waals surface area contributed by atoms with Crippen molar-refractivity contribution in [2.75, 3.05) is 4.90 Å². The molecular weight excluding hydrogens is 242 g/mol. The average molecular weight is 261 g/mol. The number of rotatable bonds is 3. The molecule has 0 fully saturated rings. The minimum absolute atomic E-state index is 1.03. The molecule has 1 nitrogen and oxygen atoms in total. The van der Waals surface area contributed by atoms with Crippen molar-refractivity contribution in [2.45, 2.75) is 19.8 Å². The van der Waals surface area contributed by atoms with Gasteiger partial charge in [-0.3, -0.25) is 0 Å². The van der Waals surface area contributed by atoms with Gasteiger partial charge in [-0.1, -0.05) is 49.1 Å². The third-order valence-electron chi connectivity index (χ3n) is 3.68. The predicted molar refractivity (Wildman–Crippen MR) is 87.2 cm³/mol. The zero-order valence-electron chi connectivity index (χ0n) is 11.8. The summed E-state index contributed by atoms with van der Waals surface area (Å²) in [5.74, 6) is 0. The average Bonchev–Trinajstić information content (AvgIpc) is 2.48. The van der Waals surface area contributed by atoms with Gasteiger partial charge in [0.1, 0.15) is 0 Å². The molecule has 0 bridgehead atoms. The summed E-state index contributed by atoms with van der Waals surface area (Å²) in [5.41, 5.74) is 6.16. The van der Waals surface area contributed by atoms with Crippen molar-refractivity contribution in [3.05, 3.63) is 78.0 Å². The summed E-state index contributed by atoms with van der Waals surface area (Å²) in [6.45, 7) is 6.21. The molecule has 2 aromatic carbocycles. The first-order valence-corrected chi connectivity index (χ1v) is 7.06. The van der Waals surface area contributed by atoms with Crippen LogP contribution in [-0.2, 0) is 6.42 Å². The van der Waals surface area contributed by atoms with Gasteiger partial charge in [0.2, 0.25) is 0 Å². The van der Waals surface area contributed by atoms with E-state index in [1.165, 1.54) is 16.8 Å². The number of nitrogens with zero attached hydrogens (tertiary/aromatic N) is 1. The third kappa shape index (κ3) is 2.27. The second-order valence-electron chi connectivity index (χ2n) is 5.20. The minimum atomic E-state index is 1.03. The maximum absolute atomic E-state index is 4.16. The molecule has 0 radical (unpaired) electrons. The fraction of sp³-hybridized carbons (Fsp3) is 0.158. The van der Waals surface area contributed by atoms with Gasteiger partial charge in [0.25, 0.3) is 0 Å². The predicted octanol–water partition coefficient (Wildman–Crippen LogP) is 5.32. The molecule has 0 unspecified atom stereocenters. The van der Waals surface area contributed by atoms with Crippen LogP contribution in [0.25, 0.3) is 6.08 Å². The van der Waals surface area contributed by atoms with E-state index in [1.54, 1.807) is 0 Å². The summed E-state index contributed by atoms with van der Waals surface area (Å²) in [5, 5.41) is 0. The molecule has 20 heavy (non-hydrogen) atoms. The number of para-hydroxylation sites is 1. The molecule has 3 rings (SSSR count). The van der Waals surface area contributed by atoms with Gasteiger partial charge in [-0.05, 0) is 43.5 Å². The molecule has 0 saturated heterocycles. The number of allylic oxidation sites excluding steroid dienone is 2. The summed E-state index contributed by atoms with van der Waals surface area (Å²) >= 11 is 0. The molecule has 100 valence electrons. The molecule has 0 aromatic heterocycles. The van der Waals surface area contributed by atoms with E-state index in [9.17, 15) is 0 Å². The summed E-state index contributed by atoms with van der Waals surface area (Å²) in [4.78, 5) is 2.23. The summed E-state index contributed by atoms with van der Waals surface area (Å²) in [6, 6.07) is 17.0. The Balaban J connectivity index is 2.15. The molecule has 2 aromatic rings. The van der Waals surface area contributed by atoms with Gasteiger partial charge in [-0.25, -0.2) is 0 Å². The van der Waals surface area contributed by atoms with Crippen LogP contribution in [0.4, 0.5) is 11.4 Å². The summed E-state index contributed by atoms with van der Waals surface area (Å²) in [6.07, 6.45) is 6.76. The molecule has 0 atom stereocenters. The van der Waals surface area contributed by atoms with Crippen LogP contribution >= 0.6 is 0 Å². The lowest BCUT2D eigenvalue weighted by Gasteiger charge is -2.28. The highest BCUT2D eigenvalue weighted by atomic mass is 15.1. The van der Waals surface area contributed by atoms with E-state index in [0.717, 1.165) is 24.2 Å². The minimum Gasteiger partial charge on any atom is -0.314 e. The number of benzene rings is 2. The molecule has 0 N–H and O–H groups in total. The van der Waals surface area contributed by atoms with E-state index in [0.29, 0.717) is 0 Å². The first-order valence-electron chi connectivity index (χ1n) is 7.06. The van der Waals surface area contributed by atoms with Gasteiger partial charge >= 0.3 is 0 Å². The summed E-state index contributed by atoms with van der Waals surface area (Å²) < 4.78 is 0. The van der Waals surface area contributed by atoms with Crippen LogP contribution in [0.15, 0.2) is 66.9 Å². The van der Waals surface area contributed by atoms with Gasteiger partial charge in [0.15, 0.2) is 0 Å². The molecule has 0 heterocycles. The number of hydrogen-bond acceptors (Lipinski definition) is 1. The van der Waals surface area contributed by atoms with E-state index in [-0.39, 0.29) is 0 Å². The van der Waals surface area contributed by atoms with Gasteiger partial charge < -0.3 is 4.90 Å². The first-order chi connectivity index (χ1) is 9.77. The normalized spacial score (nSPS) is 12.8. The Hall–Kier alpha value is -2.28. The third-order valence-corrected chi connectivity index (χ3v) is 3.68. The Morgan fingerprint density at radius 1 is 1.05 bits per heavy atom. The van der Waals surface area contributed by atoms with Crippen LogP contribution in [-0.4, -0.2) is 0 Å².